The van der Waals surface area contributed by atoms with Gasteiger partial charge in [-0.2, -0.15) is 0 Å². The average molecular weight is 171 g/mol. The minimum Gasteiger partial charge on any atom is -0.0713 e. The minimum atomic E-state index is 0.0107. The quantitative estimate of drug-likeness (QED) is 0.566. The van der Waals surface area contributed by atoms with Crippen molar-refractivity contribution in [3.63, 3.8) is 0 Å². The van der Waals surface area contributed by atoms with Crippen LogP contribution in [0, 0.1) is 11.3 Å². The first-order valence-corrected chi connectivity index (χ1v) is 7.33. The molecule has 0 aliphatic carbocycles. The Morgan fingerprint density at radius 3 is 1.91 bits per heavy atom. The highest BCUT2D eigenvalue weighted by Gasteiger charge is 2.19. The van der Waals surface area contributed by atoms with Gasteiger partial charge < -0.3 is 0 Å². The van der Waals surface area contributed by atoms with E-state index in [1.807, 2.05) is 0 Å². The third-order valence-electron chi connectivity index (χ3n) is 2.56. The van der Waals surface area contributed by atoms with Crippen LogP contribution >= 0.6 is 0 Å². The fraction of sp³-hybridized carbons (Fsp3) is 1.00. The number of rotatable bonds is 3. The van der Waals surface area contributed by atoms with E-state index in [-0.39, 0.29) is 8.80 Å². The lowest BCUT2D eigenvalue weighted by molar-refractivity contribution is 0.254. The molecule has 0 aliphatic heterocycles. The third-order valence-corrected chi connectivity index (χ3v) is 3.84. The Kier molecular flexibility index (Phi) is 4.38. The van der Waals surface area contributed by atoms with E-state index >= 15 is 0 Å². The Hall–Kier alpha value is 0.217. The number of hydrogen-bond donors (Lipinski definition) is 0. The molecule has 0 aromatic rings. The molecule has 0 fully saturated rings. The van der Waals surface area contributed by atoms with Gasteiger partial charge in [-0.05, 0) is 11.3 Å². The molecule has 0 aromatic carbocycles. The van der Waals surface area contributed by atoms with E-state index < -0.39 is 0 Å². The maximum absolute atomic E-state index is 2.40. The van der Waals surface area contributed by atoms with Crippen LogP contribution in [0.4, 0.5) is 0 Å². The maximum atomic E-state index is 2.40. The first-order valence-electron chi connectivity index (χ1n) is 4.63. The van der Waals surface area contributed by atoms with Gasteiger partial charge in [0.2, 0.25) is 0 Å². The van der Waals surface area contributed by atoms with E-state index in [9.17, 15) is 0 Å². The monoisotopic (exact) mass is 171 g/mol. The van der Waals surface area contributed by atoms with Crippen molar-refractivity contribution in [1.82, 2.24) is 0 Å². The van der Waals surface area contributed by atoms with Crippen LogP contribution in [0.1, 0.15) is 34.1 Å². The molecule has 0 heterocycles. The lowest BCUT2D eigenvalue weighted by Gasteiger charge is -2.27. The summed E-state index contributed by atoms with van der Waals surface area (Å²) < 4.78 is 0. The Morgan fingerprint density at radius 1 is 1.18 bits per heavy atom. The molecule has 0 rings (SSSR count). The van der Waals surface area contributed by atoms with Crippen molar-refractivity contribution in [2.75, 3.05) is 0 Å². The van der Waals surface area contributed by atoms with Crippen LogP contribution in [-0.2, 0) is 0 Å². The lowest BCUT2D eigenvalue weighted by Crippen LogP contribution is -2.18. The van der Waals surface area contributed by atoms with Gasteiger partial charge in [-0.1, -0.05) is 53.3 Å². The molecule has 1 unspecified atom stereocenters. The molecule has 0 bridgehead atoms. The summed E-state index contributed by atoms with van der Waals surface area (Å²) in [6, 6.07) is 1.48. The Bertz CT molecular complexity index is 99.9. The van der Waals surface area contributed by atoms with E-state index in [1.165, 1.54) is 12.5 Å². The van der Waals surface area contributed by atoms with Crippen molar-refractivity contribution >= 4 is 8.80 Å². The Morgan fingerprint density at radius 2 is 1.64 bits per heavy atom. The zero-order chi connectivity index (χ0) is 9.07. The van der Waals surface area contributed by atoms with Crippen LogP contribution in [0.5, 0.6) is 0 Å². The first kappa shape index (κ1) is 11.2. The van der Waals surface area contributed by atoms with Gasteiger partial charge in [0.1, 0.15) is 0 Å². The van der Waals surface area contributed by atoms with Gasteiger partial charge in [-0.25, -0.2) is 0 Å². The molecule has 11 heavy (non-hydrogen) atoms. The molecule has 0 amide bonds. The van der Waals surface area contributed by atoms with E-state index in [2.05, 4.69) is 40.8 Å². The van der Waals surface area contributed by atoms with Gasteiger partial charge in [0.25, 0.3) is 0 Å². The largest absolute Gasteiger partial charge is 0.0713 e. The van der Waals surface area contributed by atoms with Gasteiger partial charge >= 0.3 is 0 Å². The predicted molar refractivity (Wildman–Crippen MR) is 55.5 cm³/mol. The summed E-state index contributed by atoms with van der Waals surface area (Å²) in [6.07, 6.45) is 1.42. The average Bonchev–Trinajstić information content (AvgIpc) is 1.80. The third kappa shape index (κ3) is 5.48. The molecule has 0 N–H and O–H groups in total. The Labute approximate surface area is 74.0 Å². The van der Waals surface area contributed by atoms with Gasteiger partial charge in [0.05, 0.1) is 0 Å². The smallest absolute Gasteiger partial charge is 0.0413 e. The van der Waals surface area contributed by atoms with Crippen LogP contribution < -0.4 is 0 Å². The standard InChI is InChI=1S/C10H23Si/c1-9(10(2,3)4)7-8-11(5)6/h9H,7-8H2,1-6H3. The summed E-state index contributed by atoms with van der Waals surface area (Å²) in [6.45, 7) is 14.2. The molecule has 0 aliphatic rings. The summed E-state index contributed by atoms with van der Waals surface area (Å²) in [5.74, 6) is 0.877. The second kappa shape index (κ2) is 4.29. The lowest BCUT2D eigenvalue weighted by atomic mass is 9.81. The molecule has 67 valence electrons. The summed E-state index contributed by atoms with van der Waals surface area (Å²) in [5, 5.41) is 0. The second-order valence-electron chi connectivity index (χ2n) is 5.01. The minimum absolute atomic E-state index is 0.0107. The van der Waals surface area contributed by atoms with Gasteiger partial charge in [-0.3, -0.25) is 0 Å². The highest BCUT2D eigenvalue weighted by Crippen LogP contribution is 2.29. The zero-order valence-electron chi connectivity index (χ0n) is 8.99. The van der Waals surface area contributed by atoms with Crippen molar-refractivity contribution in [3.05, 3.63) is 0 Å². The van der Waals surface area contributed by atoms with Crippen molar-refractivity contribution < 1.29 is 0 Å². The van der Waals surface area contributed by atoms with Crippen LogP contribution in [-0.4, -0.2) is 8.80 Å². The first-order chi connectivity index (χ1) is 4.84. The molecule has 0 saturated heterocycles. The molecule has 0 saturated carbocycles. The molecule has 0 aromatic heterocycles. The van der Waals surface area contributed by atoms with Crippen molar-refractivity contribution in [2.24, 2.45) is 11.3 Å². The second-order valence-corrected chi connectivity index (χ2v) is 7.93. The summed E-state index contributed by atoms with van der Waals surface area (Å²) >= 11 is 0. The van der Waals surface area contributed by atoms with Crippen LogP contribution in [0.2, 0.25) is 19.1 Å². The molecule has 0 spiro atoms. The molecule has 1 atom stereocenters. The van der Waals surface area contributed by atoms with E-state index in [0.717, 1.165) is 5.92 Å². The van der Waals surface area contributed by atoms with Gasteiger partial charge in [0.15, 0.2) is 0 Å². The van der Waals surface area contributed by atoms with Gasteiger partial charge in [0, 0.05) is 8.80 Å². The highest BCUT2D eigenvalue weighted by molar-refractivity contribution is 6.55. The topological polar surface area (TPSA) is 0 Å². The summed E-state index contributed by atoms with van der Waals surface area (Å²) in [4.78, 5) is 0. The molecule has 1 heteroatoms. The van der Waals surface area contributed by atoms with Crippen LogP contribution in [0.15, 0.2) is 0 Å². The highest BCUT2D eigenvalue weighted by atomic mass is 28.3. The molecular weight excluding hydrogens is 148 g/mol. The molecular formula is C10H23Si. The number of hydrogen-bond acceptors (Lipinski definition) is 0. The maximum Gasteiger partial charge on any atom is 0.0413 e. The van der Waals surface area contributed by atoms with E-state index in [4.69, 9.17) is 0 Å². The molecule has 1 radical (unpaired) electrons. The Balaban J connectivity index is 3.61. The molecule has 0 nitrogen and oxygen atoms in total. The van der Waals surface area contributed by atoms with E-state index in [0.29, 0.717) is 5.41 Å². The fourth-order valence-electron chi connectivity index (χ4n) is 0.938. The predicted octanol–water partition coefficient (Wildman–Crippen LogP) is 3.81. The van der Waals surface area contributed by atoms with Gasteiger partial charge in [-0.15, -0.1) is 0 Å². The van der Waals surface area contributed by atoms with E-state index in [1.54, 1.807) is 0 Å². The zero-order valence-corrected chi connectivity index (χ0v) is 9.99. The summed E-state index contributed by atoms with van der Waals surface area (Å²) in [7, 11) is 0.0107. The van der Waals surface area contributed by atoms with Crippen LogP contribution in [0.25, 0.3) is 0 Å². The van der Waals surface area contributed by atoms with Crippen molar-refractivity contribution in [1.29, 1.82) is 0 Å². The van der Waals surface area contributed by atoms with Crippen molar-refractivity contribution in [2.45, 2.75) is 53.3 Å². The summed E-state index contributed by atoms with van der Waals surface area (Å²) in [5.41, 5.74) is 0.511. The van der Waals surface area contributed by atoms with Crippen LogP contribution in [0.3, 0.4) is 0 Å². The SMILES string of the molecule is CC(CC[Si](C)C)C(C)(C)C. The normalized spacial score (nSPS) is 15.5. The van der Waals surface area contributed by atoms with Crippen molar-refractivity contribution in [3.8, 4) is 0 Å². The fourth-order valence-corrected chi connectivity index (χ4v) is 1.95.